The Kier molecular flexibility index (Phi) is 7.91. The molecular weight excluding hydrogens is 388 g/mol. The van der Waals surface area contributed by atoms with Crippen LogP contribution in [0, 0.1) is 0 Å². The van der Waals surface area contributed by atoms with E-state index in [2.05, 4.69) is 10.2 Å². The summed E-state index contributed by atoms with van der Waals surface area (Å²) >= 11 is 0. The fraction of sp³-hybridized carbons (Fsp3) is 0.364. The van der Waals surface area contributed by atoms with E-state index in [1.807, 2.05) is 37.3 Å². The summed E-state index contributed by atoms with van der Waals surface area (Å²) in [7, 11) is 0. The van der Waals surface area contributed by atoms with Gasteiger partial charge in [-0.05, 0) is 43.3 Å². The average molecular weight is 414 g/mol. The van der Waals surface area contributed by atoms with Crippen LogP contribution in [-0.4, -0.2) is 58.0 Å². The van der Waals surface area contributed by atoms with Crippen molar-refractivity contribution in [2.45, 2.75) is 6.92 Å². The van der Waals surface area contributed by atoms with Crippen LogP contribution in [0.5, 0.6) is 11.5 Å². The first-order valence-corrected chi connectivity index (χ1v) is 9.88. The highest BCUT2D eigenvalue weighted by Gasteiger charge is 2.13. The lowest BCUT2D eigenvalue weighted by molar-refractivity contribution is -0.149. The van der Waals surface area contributed by atoms with Gasteiger partial charge in [0.2, 0.25) is 0 Å². The van der Waals surface area contributed by atoms with Gasteiger partial charge in [0.15, 0.2) is 24.7 Å². The van der Waals surface area contributed by atoms with Gasteiger partial charge in [0, 0.05) is 24.5 Å². The number of carbonyl (C=O) groups excluding carboxylic acids is 2. The zero-order valence-corrected chi connectivity index (χ0v) is 17.0. The minimum atomic E-state index is -0.640. The van der Waals surface area contributed by atoms with Crippen molar-refractivity contribution in [3.63, 3.8) is 0 Å². The smallest absolute Gasteiger partial charge is 0.344 e. The van der Waals surface area contributed by atoms with E-state index >= 15 is 0 Å². The summed E-state index contributed by atoms with van der Waals surface area (Å²) in [6.07, 6.45) is 0. The number of esters is 1. The van der Waals surface area contributed by atoms with E-state index in [-0.39, 0.29) is 13.2 Å². The first-order valence-electron chi connectivity index (χ1n) is 9.88. The predicted octanol–water partition coefficient (Wildman–Crippen LogP) is 2.48. The molecule has 3 rings (SSSR count). The highest BCUT2D eigenvalue weighted by Crippen LogP contribution is 2.26. The van der Waals surface area contributed by atoms with Gasteiger partial charge in [-0.25, -0.2) is 4.79 Å². The fourth-order valence-electron chi connectivity index (χ4n) is 2.94. The first kappa shape index (κ1) is 21.4. The van der Waals surface area contributed by atoms with Gasteiger partial charge < -0.3 is 29.2 Å². The Morgan fingerprint density at radius 3 is 2.30 bits per heavy atom. The van der Waals surface area contributed by atoms with E-state index in [0.717, 1.165) is 18.8 Å². The number of nitrogens with one attached hydrogen (secondary N) is 1. The van der Waals surface area contributed by atoms with E-state index in [1.165, 1.54) is 0 Å². The standard InChI is InChI=1S/C22H26N2O6/c1-2-28-19-5-3-4-6-20(19)29-16-22(26)30-15-21(25)23-17-7-9-18(10-8-17)24-11-13-27-14-12-24/h3-10H,2,11-16H2,1H3,(H,23,25). The van der Waals surface area contributed by atoms with Crippen LogP contribution in [0.2, 0.25) is 0 Å². The third kappa shape index (κ3) is 6.38. The van der Waals surface area contributed by atoms with Crippen molar-refractivity contribution in [2.24, 2.45) is 0 Å². The SMILES string of the molecule is CCOc1ccccc1OCC(=O)OCC(=O)Nc1ccc(N2CCOCC2)cc1. The number of rotatable bonds is 9. The Morgan fingerprint density at radius 1 is 0.967 bits per heavy atom. The van der Waals surface area contributed by atoms with E-state index in [4.69, 9.17) is 18.9 Å². The second kappa shape index (κ2) is 11.1. The molecule has 1 amide bonds. The quantitative estimate of drug-likeness (QED) is 0.631. The van der Waals surface area contributed by atoms with E-state index in [9.17, 15) is 9.59 Å². The maximum absolute atomic E-state index is 12.0. The third-order valence-corrected chi connectivity index (χ3v) is 4.39. The Hall–Kier alpha value is -3.26. The monoisotopic (exact) mass is 414 g/mol. The number of para-hydroxylation sites is 2. The zero-order chi connectivity index (χ0) is 21.2. The Bertz CT molecular complexity index is 834. The van der Waals surface area contributed by atoms with Gasteiger partial charge in [0.1, 0.15) is 0 Å². The highest BCUT2D eigenvalue weighted by atomic mass is 16.6. The van der Waals surface area contributed by atoms with Crippen molar-refractivity contribution in [2.75, 3.05) is 56.3 Å². The van der Waals surface area contributed by atoms with Crippen LogP contribution in [0.3, 0.4) is 0 Å². The van der Waals surface area contributed by atoms with E-state index in [0.29, 0.717) is 37.0 Å². The molecule has 30 heavy (non-hydrogen) atoms. The molecule has 0 spiro atoms. The predicted molar refractivity (Wildman–Crippen MR) is 112 cm³/mol. The van der Waals surface area contributed by atoms with E-state index in [1.54, 1.807) is 18.2 Å². The average Bonchev–Trinajstić information content (AvgIpc) is 2.78. The molecule has 0 bridgehead atoms. The number of morpholine rings is 1. The molecule has 1 aliphatic rings. The molecule has 1 saturated heterocycles. The molecule has 1 N–H and O–H groups in total. The summed E-state index contributed by atoms with van der Waals surface area (Å²) in [4.78, 5) is 26.1. The van der Waals surface area contributed by atoms with Crippen LogP contribution in [0.1, 0.15) is 6.92 Å². The molecule has 8 heteroatoms. The van der Waals surface area contributed by atoms with Crippen molar-refractivity contribution in [1.82, 2.24) is 0 Å². The Labute approximate surface area is 175 Å². The maximum atomic E-state index is 12.0. The number of anilines is 2. The third-order valence-electron chi connectivity index (χ3n) is 4.39. The molecular formula is C22H26N2O6. The summed E-state index contributed by atoms with van der Waals surface area (Å²) in [5.41, 5.74) is 1.71. The summed E-state index contributed by atoms with van der Waals surface area (Å²) in [5, 5.41) is 2.71. The number of nitrogens with zero attached hydrogens (tertiary/aromatic N) is 1. The van der Waals surface area contributed by atoms with Crippen molar-refractivity contribution >= 4 is 23.3 Å². The molecule has 0 aromatic heterocycles. The molecule has 8 nitrogen and oxygen atoms in total. The van der Waals surface area contributed by atoms with Crippen LogP contribution in [0.25, 0.3) is 0 Å². The highest BCUT2D eigenvalue weighted by molar-refractivity contribution is 5.93. The lowest BCUT2D eigenvalue weighted by Gasteiger charge is -2.28. The summed E-state index contributed by atoms with van der Waals surface area (Å²) in [5.74, 6) is -0.0662. The molecule has 0 atom stereocenters. The number of amides is 1. The van der Waals surface area contributed by atoms with Gasteiger partial charge in [0.25, 0.3) is 5.91 Å². The van der Waals surface area contributed by atoms with Gasteiger partial charge in [-0.3, -0.25) is 4.79 Å². The van der Waals surface area contributed by atoms with Crippen LogP contribution in [-0.2, 0) is 19.1 Å². The molecule has 1 aliphatic heterocycles. The Morgan fingerprint density at radius 2 is 1.63 bits per heavy atom. The molecule has 1 heterocycles. The number of benzene rings is 2. The van der Waals surface area contributed by atoms with Crippen LogP contribution >= 0.6 is 0 Å². The second-order valence-corrected chi connectivity index (χ2v) is 6.52. The second-order valence-electron chi connectivity index (χ2n) is 6.52. The lowest BCUT2D eigenvalue weighted by atomic mass is 10.2. The zero-order valence-electron chi connectivity index (χ0n) is 17.0. The van der Waals surface area contributed by atoms with Gasteiger partial charge in [-0.1, -0.05) is 12.1 Å². The number of hydrogen-bond acceptors (Lipinski definition) is 7. The maximum Gasteiger partial charge on any atom is 0.344 e. The normalized spacial score (nSPS) is 13.4. The largest absolute Gasteiger partial charge is 0.490 e. The summed E-state index contributed by atoms with van der Waals surface area (Å²) in [6, 6.07) is 14.6. The van der Waals surface area contributed by atoms with Crippen molar-refractivity contribution in [1.29, 1.82) is 0 Å². The van der Waals surface area contributed by atoms with Crippen LogP contribution in [0.15, 0.2) is 48.5 Å². The first-order chi connectivity index (χ1) is 14.7. The number of ether oxygens (including phenoxy) is 4. The lowest BCUT2D eigenvalue weighted by Crippen LogP contribution is -2.36. The van der Waals surface area contributed by atoms with Crippen LogP contribution < -0.4 is 19.7 Å². The van der Waals surface area contributed by atoms with Gasteiger partial charge >= 0.3 is 5.97 Å². The van der Waals surface area contributed by atoms with Gasteiger partial charge in [-0.15, -0.1) is 0 Å². The van der Waals surface area contributed by atoms with Gasteiger partial charge in [-0.2, -0.15) is 0 Å². The number of hydrogen-bond donors (Lipinski definition) is 1. The molecule has 160 valence electrons. The van der Waals surface area contributed by atoms with Crippen LogP contribution in [0.4, 0.5) is 11.4 Å². The summed E-state index contributed by atoms with van der Waals surface area (Å²) in [6.45, 7) is 4.76. The van der Waals surface area contributed by atoms with Gasteiger partial charge in [0.05, 0.1) is 19.8 Å². The molecule has 0 aliphatic carbocycles. The van der Waals surface area contributed by atoms with Crippen molar-refractivity contribution < 1.29 is 28.5 Å². The fourth-order valence-corrected chi connectivity index (χ4v) is 2.94. The molecule has 2 aromatic rings. The molecule has 0 unspecified atom stereocenters. The molecule has 0 saturated carbocycles. The molecule has 2 aromatic carbocycles. The minimum absolute atomic E-state index is 0.314. The molecule has 1 fully saturated rings. The summed E-state index contributed by atoms with van der Waals surface area (Å²) < 4.78 is 21.2. The van der Waals surface area contributed by atoms with E-state index < -0.39 is 11.9 Å². The number of carbonyl (C=O) groups is 2. The Balaban J connectivity index is 1.40. The minimum Gasteiger partial charge on any atom is -0.490 e. The molecule has 0 radical (unpaired) electrons. The van der Waals surface area contributed by atoms with Crippen molar-refractivity contribution in [3.8, 4) is 11.5 Å². The topological polar surface area (TPSA) is 86.3 Å². The van der Waals surface area contributed by atoms with Crippen molar-refractivity contribution in [3.05, 3.63) is 48.5 Å².